The molecule has 76 valence electrons. The zero-order chi connectivity index (χ0) is 9.31. The van der Waals surface area contributed by atoms with E-state index in [4.69, 9.17) is 4.74 Å². The lowest BCUT2D eigenvalue weighted by molar-refractivity contribution is -0.137. The van der Waals surface area contributed by atoms with Crippen LogP contribution in [0.5, 0.6) is 0 Å². The van der Waals surface area contributed by atoms with E-state index < -0.39 is 0 Å². The van der Waals surface area contributed by atoms with Crippen molar-refractivity contribution in [2.24, 2.45) is 0 Å². The molecule has 1 aliphatic carbocycles. The highest BCUT2D eigenvalue weighted by Gasteiger charge is 2.37. The minimum Gasteiger partial charge on any atom is -0.369 e. The molecule has 3 atom stereocenters. The quantitative estimate of drug-likeness (QED) is 0.672. The molecular formula is C11H21NO. The summed E-state index contributed by atoms with van der Waals surface area (Å²) in [5.74, 6) is 0. The topological polar surface area (TPSA) is 21.3 Å². The normalized spacial score (nSPS) is 45.7. The van der Waals surface area contributed by atoms with Crippen LogP contribution in [0.3, 0.4) is 0 Å². The van der Waals surface area contributed by atoms with Gasteiger partial charge in [0, 0.05) is 12.6 Å². The second-order valence-electron chi connectivity index (χ2n) is 4.73. The largest absolute Gasteiger partial charge is 0.369 e. The predicted molar refractivity (Wildman–Crippen MR) is 53.8 cm³/mol. The van der Waals surface area contributed by atoms with Crippen LogP contribution in [0, 0.1) is 0 Å². The van der Waals surface area contributed by atoms with E-state index in [9.17, 15) is 0 Å². The van der Waals surface area contributed by atoms with Gasteiger partial charge in [-0.15, -0.1) is 0 Å². The van der Waals surface area contributed by atoms with Crippen molar-refractivity contribution >= 4 is 0 Å². The fraction of sp³-hybridized carbons (Fsp3) is 1.00. The molecule has 0 spiro atoms. The van der Waals surface area contributed by atoms with Gasteiger partial charge in [-0.25, -0.2) is 0 Å². The first-order valence-corrected chi connectivity index (χ1v) is 5.65. The number of hydrogen-bond acceptors (Lipinski definition) is 2. The standard InChI is InChI=1S/C11H21NO/c1-3-11(2)8-12-9-6-4-5-7-10(9)13-11/h9-10,12H,3-8H2,1-2H3. The lowest BCUT2D eigenvalue weighted by Crippen LogP contribution is -2.58. The molecule has 0 bridgehead atoms. The highest BCUT2D eigenvalue weighted by Crippen LogP contribution is 2.30. The number of hydrogen-bond donors (Lipinski definition) is 1. The van der Waals surface area contributed by atoms with Crippen molar-refractivity contribution in [1.82, 2.24) is 5.32 Å². The molecule has 3 unspecified atom stereocenters. The summed E-state index contributed by atoms with van der Waals surface area (Å²) < 4.78 is 6.16. The van der Waals surface area contributed by atoms with Crippen molar-refractivity contribution in [2.45, 2.75) is 63.7 Å². The molecule has 2 fully saturated rings. The van der Waals surface area contributed by atoms with Crippen molar-refractivity contribution < 1.29 is 4.74 Å². The minimum absolute atomic E-state index is 0.0957. The second kappa shape index (κ2) is 3.58. The molecule has 2 nitrogen and oxygen atoms in total. The van der Waals surface area contributed by atoms with Crippen LogP contribution in [-0.2, 0) is 4.74 Å². The molecule has 0 aromatic heterocycles. The van der Waals surface area contributed by atoms with Gasteiger partial charge in [0.15, 0.2) is 0 Å². The maximum atomic E-state index is 6.16. The Bertz CT molecular complexity index is 183. The average molecular weight is 183 g/mol. The number of ether oxygens (including phenoxy) is 1. The summed E-state index contributed by atoms with van der Waals surface area (Å²) >= 11 is 0. The highest BCUT2D eigenvalue weighted by atomic mass is 16.5. The van der Waals surface area contributed by atoms with Crippen molar-refractivity contribution in [1.29, 1.82) is 0 Å². The zero-order valence-electron chi connectivity index (χ0n) is 8.81. The molecule has 1 aliphatic heterocycles. The Labute approximate surface area is 81.0 Å². The minimum atomic E-state index is 0.0957. The SMILES string of the molecule is CCC1(C)CNC2CCCCC2O1. The van der Waals surface area contributed by atoms with Crippen LogP contribution in [0.15, 0.2) is 0 Å². The van der Waals surface area contributed by atoms with E-state index in [-0.39, 0.29) is 5.60 Å². The van der Waals surface area contributed by atoms with Crippen molar-refractivity contribution in [2.75, 3.05) is 6.54 Å². The Hall–Kier alpha value is -0.0800. The molecule has 1 saturated heterocycles. The number of fused-ring (bicyclic) bond motifs is 1. The van der Waals surface area contributed by atoms with Gasteiger partial charge < -0.3 is 10.1 Å². The van der Waals surface area contributed by atoms with Gasteiger partial charge in [0.1, 0.15) is 0 Å². The molecule has 2 aliphatic rings. The van der Waals surface area contributed by atoms with Gasteiger partial charge in [-0.05, 0) is 26.2 Å². The van der Waals surface area contributed by atoms with Gasteiger partial charge in [-0.3, -0.25) is 0 Å². The van der Waals surface area contributed by atoms with Crippen LogP contribution in [0.2, 0.25) is 0 Å². The molecule has 13 heavy (non-hydrogen) atoms. The summed E-state index contributed by atoms with van der Waals surface area (Å²) in [6.45, 7) is 5.47. The molecule has 1 saturated carbocycles. The number of morpholine rings is 1. The summed E-state index contributed by atoms with van der Waals surface area (Å²) in [4.78, 5) is 0. The third-order valence-electron chi connectivity index (χ3n) is 3.62. The molecule has 0 amide bonds. The number of rotatable bonds is 1. The highest BCUT2D eigenvalue weighted by molar-refractivity contribution is 4.92. The van der Waals surface area contributed by atoms with Gasteiger partial charge >= 0.3 is 0 Å². The van der Waals surface area contributed by atoms with Crippen molar-refractivity contribution in [3.05, 3.63) is 0 Å². The molecular weight excluding hydrogens is 162 g/mol. The molecule has 2 heteroatoms. The Morgan fingerprint density at radius 2 is 2.15 bits per heavy atom. The van der Waals surface area contributed by atoms with E-state index >= 15 is 0 Å². The van der Waals surface area contributed by atoms with E-state index in [0.29, 0.717) is 12.1 Å². The summed E-state index contributed by atoms with van der Waals surface area (Å²) in [7, 11) is 0. The van der Waals surface area contributed by atoms with Gasteiger partial charge in [0.05, 0.1) is 11.7 Å². The summed E-state index contributed by atoms with van der Waals surface area (Å²) in [5, 5.41) is 3.64. The first kappa shape index (κ1) is 9.47. The first-order chi connectivity index (χ1) is 6.23. The van der Waals surface area contributed by atoms with Crippen LogP contribution < -0.4 is 5.32 Å². The smallest absolute Gasteiger partial charge is 0.0780 e. The van der Waals surface area contributed by atoms with E-state index in [1.165, 1.54) is 25.7 Å². The van der Waals surface area contributed by atoms with E-state index in [2.05, 4.69) is 19.2 Å². The molecule has 1 heterocycles. The van der Waals surface area contributed by atoms with Gasteiger partial charge in [-0.2, -0.15) is 0 Å². The van der Waals surface area contributed by atoms with Crippen LogP contribution in [0.1, 0.15) is 46.0 Å². The number of nitrogens with one attached hydrogen (secondary N) is 1. The monoisotopic (exact) mass is 183 g/mol. The maximum Gasteiger partial charge on any atom is 0.0780 e. The zero-order valence-corrected chi connectivity index (χ0v) is 8.81. The average Bonchev–Trinajstić information content (AvgIpc) is 2.18. The Kier molecular flexibility index (Phi) is 2.61. The van der Waals surface area contributed by atoms with E-state index in [1.807, 2.05) is 0 Å². The Morgan fingerprint density at radius 1 is 1.38 bits per heavy atom. The lowest BCUT2D eigenvalue weighted by atomic mass is 9.88. The van der Waals surface area contributed by atoms with Crippen LogP contribution in [-0.4, -0.2) is 24.3 Å². The summed E-state index contributed by atoms with van der Waals surface area (Å²) in [6, 6.07) is 0.647. The van der Waals surface area contributed by atoms with Crippen LogP contribution in [0.4, 0.5) is 0 Å². The van der Waals surface area contributed by atoms with E-state index in [0.717, 1.165) is 13.0 Å². The second-order valence-corrected chi connectivity index (χ2v) is 4.73. The van der Waals surface area contributed by atoms with E-state index in [1.54, 1.807) is 0 Å². The third kappa shape index (κ3) is 1.89. The first-order valence-electron chi connectivity index (χ1n) is 5.65. The van der Waals surface area contributed by atoms with Gasteiger partial charge in [-0.1, -0.05) is 19.8 Å². The molecule has 0 aromatic rings. The van der Waals surface area contributed by atoms with Crippen LogP contribution >= 0.6 is 0 Å². The molecule has 1 N–H and O–H groups in total. The third-order valence-corrected chi connectivity index (χ3v) is 3.62. The Morgan fingerprint density at radius 3 is 2.92 bits per heavy atom. The molecule has 2 rings (SSSR count). The van der Waals surface area contributed by atoms with Crippen molar-refractivity contribution in [3.8, 4) is 0 Å². The lowest BCUT2D eigenvalue weighted by Gasteiger charge is -2.45. The maximum absolute atomic E-state index is 6.16. The fourth-order valence-electron chi connectivity index (χ4n) is 2.43. The van der Waals surface area contributed by atoms with Gasteiger partial charge in [0.2, 0.25) is 0 Å². The summed E-state index contributed by atoms with van der Waals surface area (Å²) in [6.07, 6.45) is 6.90. The van der Waals surface area contributed by atoms with Crippen LogP contribution in [0.25, 0.3) is 0 Å². The fourth-order valence-corrected chi connectivity index (χ4v) is 2.43. The summed E-state index contributed by atoms with van der Waals surface area (Å²) in [5.41, 5.74) is 0.0957. The van der Waals surface area contributed by atoms with Gasteiger partial charge in [0.25, 0.3) is 0 Å². The Balaban J connectivity index is 1.98. The molecule has 0 radical (unpaired) electrons. The predicted octanol–water partition coefficient (Wildman–Crippen LogP) is 2.09. The molecule has 0 aromatic carbocycles. The van der Waals surface area contributed by atoms with Crippen molar-refractivity contribution in [3.63, 3.8) is 0 Å².